The van der Waals surface area contributed by atoms with Crippen LogP contribution in [0.2, 0.25) is 0 Å². The first-order chi connectivity index (χ1) is 9.51. The van der Waals surface area contributed by atoms with E-state index in [9.17, 15) is 13.2 Å². The Balaban J connectivity index is 2.24. The van der Waals surface area contributed by atoms with Gasteiger partial charge in [0.25, 0.3) is 10.0 Å². The number of hydrogen-bond acceptors (Lipinski definition) is 3. The highest BCUT2D eigenvalue weighted by atomic mass is 32.2. The maximum absolute atomic E-state index is 12.0. The Morgan fingerprint density at radius 3 is 2.00 bits per heavy atom. The molecule has 0 radical (unpaired) electrons. The van der Waals surface area contributed by atoms with E-state index in [-0.39, 0.29) is 4.90 Å². The summed E-state index contributed by atoms with van der Waals surface area (Å²) < 4.78 is 27.6. The fourth-order valence-corrected chi connectivity index (χ4v) is 2.42. The number of sulfonamides is 1. The standard InChI is InChI=1S/C15H13NO3S/c1-12-2-8-15(9-3-12)20(18,19)16-10-13-4-6-14(11-17)7-5-13/h2-11H,1H3/b16-10+. The minimum absolute atomic E-state index is 0.156. The second-order valence-corrected chi connectivity index (χ2v) is 5.94. The van der Waals surface area contributed by atoms with Gasteiger partial charge in [-0.15, -0.1) is 0 Å². The number of nitrogens with zero attached hydrogens (tertiary/aromatic N) is 1. The van der Waals surface area contributed by atoms with E-state index in [1.807, 2.05) is 6.92 Å². The molecule has 0 aliphatic rings. The van der Waals surface area contributed by atoms with Crippen LogP contribution in [-0.2, 0) is 10.0 Å². The van der Waals surface area contributed by atoms with Gasteiger partial charge in [0.05, 0.1) is 4.90 Å². The van der Waals surface area contributed by atoms with Gasteiger partial charge < -0.3 is 0 Å². The molecule has 0 unspecified atom stereocenters. The molecule has 0 saturated heterocycles. The number of benzene rings is 2. The fourth-order valence-electron chi connectivity index (χ4n) is 1.56. The molecule has 0 aliphatic carbocycles. The van der Waals surface area contributed by atoms with Crippen LogP contribution in [0.15, 0.2) is 57.8 Å². The maximum atomic E-state index is 12.0. The third-order valence-corrected chi connectivity index (χ3v) is 3.98. The van der Waals surface area contributed by atoms with Gasteiger partial charge in [-0.05, 0) is 24.6 Å². The number of carbonyl (C=O) groups excluding carboxylic acids is 1. The molecular weight excluding hydrogens is 274 g/mol. The molecule has 5 heteroatoms. The smallest absolute Gasteiger partial charge is 0.282 e. The van der Waals surface area contributed by atoms with E-state index >= 15 is 0 Å². The first kappa shape index (κ1) is 14.1. The zero-order valence-electron chi connectivity index (χ0n) is 10.9. The van der Waals surface area contributed by atoms with Crippen molar-refractivity contribution in [3.05, 3.63) is 65.2 Å². The molecule has 2 aromatic rings. The van der Waals surface area contributed by atoms with Crippen LogP contribution in [0.25, 0.3) is 0 Å². The van der Waals surface area contributed by atoms with Crippen molar-refractivity contribution in [1.82, 2.24) is 0 Å². The number of rotatable bonds is 4. The molecule has 0 bridgehead atoms. The van der Waals surface area contributed by atoms with Crippen molar-refractivity contribution in [2.45, 2.75) is 11.8 Å². The Bertz CT molecular complexity index is 730. The van der Waals surface area contributed by atoms with Gasteiger partial charge in [0.1, 0.15) is 6.29 Å². The Hall–Kier alpha value is -2.27. The van der Waals surface area contributed by atoms with Gasteiger partial charge in [-0.2, -0.15) is 12.8 Å². The maximum Gasteiger partial charge on any atom is 0.282 e. The lowest BCUT2D eigenvalue weighted by Crippen LogP contribution is -1.97. The first-order valence-electron chi connectivity index (χ1n) is 5.93. The lowest BCUT2D eigenvalue weighted by molar-refractivity contribution is 0.112. The van der Waals surface area contributed by atoms with Crippen molar-refractivity contribution in [2.75, 3.05) is 0 Å². The van der Waals surface area contributed by atoms with E-state index in [0.29, 0.717) is 11.1 Å². The van der Waals surface area contributed by atoms with E-state index in [1.165, 1.54) is 18.3 Å². The van der Waals surface area contributed by atoms with Gasteiger partial charge in [-0.1, -0.05) is 42.0 Å². The molecule has 0 aliphatic heterocycles. The van der Waals surface area contributed by atoms with Crippen LogP contribution in [0.1, 0.15) is 21.5 Å². The van der Waals surface area contributed by atoms with Gasteiger partial charge in [0.2, 0.25) is 0 Å². The highest BCUT2D eigenvalue weighted by molar-refractivity contribution is 7.90. The van der Waals surface area contributed by atoms with Gasteiger partial charge in [-0.25, -0.2) is 0 Å². The Morgan fingerprint density at radius 1 is 0.900 bits per heavy atom. The number of carbonyl (C=O) groups is 1. The molecule has 0 N–H and O–H groups in total. The van der Waals surface area contributed by atoms with Crippen LogP contribution in [0.5, 0.6) is 0 Å². The number of hydrogen-bond donors (Lipinski definition) is 0. The monoisotopic (exact) mass is 287 g/mol. The van der Waals surface area contributed by atoms with E-state index in [4.69, 9.17) is 0 Å². The summed E-state index contributed by atoms with van der Waals surface area (Å²) in [5, 5.41) is 0. The molecule has 0 atom stereocenters. The molecular formula is C15H13NO3S. The summed E-state index contributed by atoms with van der Waals surface area (Å²) in [6.45, 7) is 1.88. The quantitative estimate of drug-likeness (QED) is 0.641. The lowest BCUT2D eigenvalue weighted by atomic mass is 10.2. The second kappa shape index (κ2) is 5.79. The Morgan fingerprint density at radius 2 is 1.45 bits per heavy atom. The minimum Gasteiger partial charge on any atom is -0.298 e. The third kappa shape index (κ3) is 3.39. The SMILES string of the molecule is Cc1ccc(S(=O)(=O)/N=C/c2ccc(C=O)cc2)cc1. The van der Waals surface area contributed by atoms with Gasteiger partial charge in [-0.3, -0.25) is 4.79 Å². The fraction of sp³-hybridized carbons (Fsp3) is 0.0667. The van der Waals surface area contributed by atoms with E-state index in [0.717, 1.165) is 11.8 Å². The largest absolute Gasteiger partial charge is 0.298 e. The normalized spacial score (nSPS) is 11.7. The topological polar surface area (TPSA) is 63.6 Å². The molecule has 0 heterocycles. The van der Waals surface area contributed by atoms with Crippen LogP contribution >= 0.6 is 0 Å². The predicted octanol–water partition coefficient (Wildman–Crippen LogP) is 2.62. The van der Waals surface area contributed by atoms with Crippen LogP contribution < -0.4 is 0 Å². The molecule has 2 aromatic carbocycles. The molecule has 0 aromatic heterocycles. The van der Waals surface area contributed by atoms with Crippen molar-refractivity contribution in [3.8, 4) is 0 Å². The molecule has 0 spiro atoms. The average molecular weight is 287 g/mol. The molecule has 0 saturated carbocycles. The number of aryl methyl sites for hydroxylation is 1. The van der Waals surface area contributed by atoms with Crippen molar-refractivity contribution in [1.29, 1.82) is 0 Å². The van der Waals surface area contributed by atoms with E-state index in [2.05, 4.69) is 4.40 Å². The molecule has 20 heavy (non-hydrogen) atoms. The summed E-state index contributed by atoms with van der Waals surface area (Å²) in [6, 6.07) is 13.0. The summed E-state index contributed by atoms with van der Waals surface area (Å²) in [7, 11) is -3.69. The second-order valence-electron chi connectivity index (χ2n) is 4.31. The Kier molecular flexibility index (Phi) is 4.10. The molecule has 2 rings (SSSR count). The highest BCUT2D eigenvalue weighted by Gasteiger charge is 2.10. The van der Waals surface area contributed by atoms with Crippen LogP contribution in [-0.4, -0.2) is 20.9 Å². The van der Waals surface area contributed by atoms with Crippen LogP contribution in [0.4, 0.5) is 0 Å². The summed E-state index contributed by atoms with van der Waals surface area (Å²) >= 11 is 0. The zero-order chi connectivity index (χ0) is 14.6. The summed E-state index contributed by atoms with van der Waals surface area (Å²) in [5.41, 5.74) is 2.13. The van der Waals surface area contributed by atoms with Crippen molar-refractivity contribution >= 4 is 22.5 Å². The third-order valence-electron chi connectivity index (χ3n) is 2.73. The van der Waals surface area contributed by atoms with Crippen molar-refractivity contribution in [3.63, 3.8) is 0 Å². The van der Waals surface area contributed by atoms with Crippen molar-refractivity contribution in [2.24, 2.45) is 4.40 Å². The summed E-state index contributed by atoms with van der Waals surface area (Å²) in [6.07, 6.45) is 1.99. The van der Waals surface area contributed by atoms with Crippen LogP contribution in [0.3, 0.4) is 0 Å². The molecule has 0 fully saturated rings. The molecule has 4 nitrogen and oxygen atoms in total. The van der Waals surface area contributed by atoms with Gasteiger partial charge in [0, 0.05) is 11.8 Å². The van der Waals surface area contributed by atoms with Gasteiger partial charge in [0.15, 0.2) is 0 Å². The molecule has 102 valence electrons. The summed E-state index contributed by atoms with van der Waals surface area (Å²) in [5.74, 6) is 0. The molecule has 0 amide bonds. The Labute approximate surface area is 117 Å². The van der Waals surface area contributed by atoms with Crippen molar-refractivity contribution < 1.29 is 13.2 Å². The summed E-state index contributed by atoms with van der Waals surface area (Å²) in [4.78, 5) is 10.7. The van der Waals surface area contributed by atoms with Gasteiger partial charge >= 0.3 is 0 Å². The number of aldehydes is 1. The minimum atomic E-state index is -3.69. The van der Waals surface area contributed by atoms with E-state index < -0.39 is 10.0 Å². The highest BCUT2D eigenvalue weighted by Crippen LogP contribution is 2.13. The zero-order valence-corrected chi connectivity index (χ0v) is 11.7. The van der Waals surface area contributed by atoms with E-state index in [1.54, 1.807) is 36.4 Å². The average Bonchev–Trinajstić information content (AvgIpc) is 2.46. The van der Waals surface area contributed by atoms with Crippen LogP contribution in [0, 0.1) is 6.92 Å². The predicted molar refractivity (Wildman–Crippen MR) is 77.8 cm³/mol. The lowest BCUT2D eigenvalue weighted by Gasteiger charge is -1.99. The first-order valence-corrected chi connectivity index (χ1v) is 7.37.